The van der Waals surface area contributed by atoms with Crippen LogP contribution in [-0.2, 0) is 6.42 Å². The number of rotatable bonds is 2. The maximum absolute atomic E-state index is 10.4. The molecule has 0 amide bonds. The lowest BCUT2D eigenvalue weighted by atomic mass is 9.89. The van der Waals surface area contributed by atoms with Crippen LogP contribution in [0.2, 0.25) is 0 Å². The first-order valence-corrected chi connectivity index (χ1v) is 7.06. The van der Waals surface area contributed by atoms with Gasteiger partial charge >= 0.3 is 0 Å². The molecule has 18 heavy (non-hydrogen) atoms. The molecule has 2 atom stereocenters. The first-order chi connectivity index (χ1) is 8.74. The van der Waals surface area contributed by atoms with E-state index in [-0.39, 0.29) is 5.92 Å². The number of aliphatic hydroxyl groups excluding tert-OH is 1. The summed E-state index contributed by atoms with van der Waals surface area (Å²) >= 11 is 1.68. The van der Waals surface area contributed by atoms with Crippen LogP contribution in [0.3, 0.4) is 0 Å². The van der Waals surface area contributed by atoms with Crippen LogP contribution in [0, 0.1) is 12.8 Å². The normalized spacial score (nSPS) is 20.0. The monoisotopic (exact) mass is 260 g/mol. The van der Waals surface area contributed by atoms with Gasteiger partial charge in [0, 0.05) is 10.8 Å². The van der Waals surface area contributed by atoms with Crippen LogP contribution in [0.1, 0.15) is 22.1 Å². The van der Waals surface area contributed by atoms with E-state index in [9.17, 15) is 5.11 Å². The summed E-state index contributed by atoms with van der Waals surface area (Å²) < 4.78 is 5.73. The summed E-state index contributed by atoms with van der Waals surface area (Å²) in [4.78, 5) is 1.24. The highest BCUT2D eigenvalue weighted by Crippen LogP contribution is 2.34. The number of fused-ring (bicyclic) bond motifs is 1. The van der Waals surface area contributed by atoms with E-state index >= 15 is 0 Å². The van der Waals surface area contributed by atoms with Crippen molar-refractivity contribution in [1.82, 2.24) is 0 Å². The molecule has 2 heterocycles. The fourth-order valence-corrected chi connectivity index (χ4v) is 3.18. The molecule has 0 spiro atoms. The molecule has 2 nitrogen and oxygen atoms in total. The summed E-state index contributed by atoms with van der Waals surface area (Å²) in [6, 6.07) is 10.1. The highest BCUT2D eigenvalue weighted by molar-refractivity contribution is 7.10. The summed E-state index contributed by atoms with van der Waals surface area (Å²) in [6.07, 6.45) is 0.454. The Labute approximate surface area is 111 Å². The van der Waals surface area contributed by atoms with Gasteiger partial charge in [0.2, 0.25) is 0 Å². The molecule has 0 saturated carbocycles. The third kappa shape index (κ3) is 2.16. The van der Waals surface area contributed by atoms with Gasteiger partial charge in [0.1, 0.15) is 5.75 Å². The van der Waals surface area contributed by atoms with E-state index < -0.39 is 6.10 Å². The van der Waals surface area contributed by atoms with Crippen LogP contribution in [0.25, 0.3) is 0 Å². The molecule has 1 N–H and O–H groups in total. The van der Waals surface area contributed by atoms with Crippen LogP contribution >= 0.6 is 11.3 Å². The van der Waals surface area contributed by atoms with Crippen molar-refractivity contribution < 1.29 is 9.84 Å². The summed E-state index contributed by atoms with van der Waals surface area (Å²) in [5, 5.41) is 12.5. The smallest absolute Gasteiger partial charge is 0.122 e. The van der Waals surface area contributed by atoms with Gasteiger partial charge in [0.05, 0.1) is 12.7 Å². The third-order valence-electron chi connectivity index (χ3n) is 3.45. The average Bonchev–Trinajstić information content (AvgIpc) is 2.84. The minimum absolute atomic E-state index is 0.147. The fraction of sp³-hybridized carbons (Fsp3) is 0.333. The molecule has 3 rings (SSSR count). The SMILES string of the molecule is Cc1cc(C(O)C2COc3ccccc3C2)cs1. The zero-order chi connectivity index (χ0) is 12.5. The van der Waals surface area contributed by atoms with Gasteiger partial charge in [-0.05, 0) is 42.0 Å². The lowest BCUT2D eigenvalue weighted by Gasteiger charge is -2.28. The molecule has 0 fully saturated rings. The van der Waals surface area contributed by atoms with Crippen LogP contribution in [0.15, 0.2) is 35.7 Å². The zero-order valence-electron chi connectivity index (χ0n) is 10.3. The number of ether oxygens (including phenoxy) is 1. The Kier molecular flexibility index (Phi) is 3.10. The van der Waals surface area contributed by atoms with Crippen molar-refractivity contribution in [3.8, 4) is 5.75 Å². The minimum atomic E-state index is -0.427. The van der Waals surface area contributed by atoms with Crippen LogP contribution in [-0.4, -0.2) is 11.7 Å². The van der Waals surface area contributed by atoms with Crippen LogP contribution in [0.5, 0.6) is 5.75 Å². The van der Waals surface area contributed by atoms with Crippen molar-refractivity contribution in [3.63, 3.8) is 0 Å². The van der Waals surface area contributed by atoms with E-state index in [1.165, 1.54) is 10.4 Å². The number of benzene rings is 1. The molecule has 1 aliphatic heterocycles. The number of aryl methyl sites for hydroxylation is 1. The molecule has 94 valence electrons. The average molecular weight is 260 g/mol. The molecule has 1 aliphatic rings. The summed E-state index contributed by atoms with van der Waals surface area (Å²) in [5.41, 5.74) is 2.21. The van der Waals surface area contributed by atoms with Gasteiger partial charge in [-0.1, -0.05) is 18.2 Å². The van der Waals surface area contributed by atoms with E-state index in [1.807, 2.05) is 23.6 Å². The lowest BCUT2D eigenvalue weighted by Crippen LogP contribution is -2.26. The summed E-state index contributed by atoms with van der Waals surface area (Å²) in [7, 11) is 0. The predicted octanol–water partition coefficient (Wildman–Crippen LogP) is 3.34. The minimum Gasteiger partial charge on any atom is -0.493 e. The van der Waals surface area contributed by atoms with Gasteiger partial charge in [-0.3, -0.25) is 0 Å². The third-order valence-corrected chi connectivity index (χ3v) is 4.33. The van der Waals surface area contributed by atoms with Crippen molar-refractivity contribution >= 4 is 11.3 Å². The number of hydrogen-bond acceptors (Lipinski definition) is 3. The molecule has 2 aromatic rings. The standard InChI is InChI=1S/C15H16O2S/c1-10-6-13(9-18-10)15(16)12-7-11-4-2-3-5-14(11)17-8-12/h2-6,9,12,15-16H,7-8H2,1H3. The Bertz CT molecular complexity index is 547. The second-order valence-electron chi connectivity index (χ2n) is 4.82. The van der Waals surface area contributed by atoms with Gasteiger partial charge in [0.15, 0.2) is 0 Å². The largest absolute Gasteiger partial charge is 0.493 e. The Morgan fingerprint density at radius 2 is 2.22 bits per heavy atom. The number of aliphatic hydroxyl groups is 1. The van der Waals surface area contributed by atoms with Crippen LogP contribution in [0.4, 0.5) is 0 Å². The van der Waals surface area contributed by atoms with Gasteiger partial charge in [-0.15, -0.1) is 11.3 Å². The maximum atomic E-state index is 10.4. The molecule has 0 radical (unpaired) electrons. The van der Waals surface area contributed by atoms with E-state index in [4.69, 9.17) is 4.74 Å². The van der Waals surface area contributed by atoms with E-state index in [0.29, 0.717) is 6.61 Å². The van der Waals surface area contributed by atoms with E-state index in [1.54, 1.807) is 11.3 Å². The van der Waals surface area contributed by atoms with Gasteiger partial charge < -0.3 is 9.84 Å². The molecule has 1 aromatic heterocycles. The maximum Gasteiger partial charge on any atom is 0.122 e. The van der Waals surface area contributed by atoms with E-state index in [2.05, 4.69) is 19.1 Å². The van der Waals surface area contributed by atoms with E-state index in [0.717, 1.165) is 17.7 Å². The van der Waals surface area contributed by atoms with Crippen molar-refractivity contribution in [2.24, 2.45) is 5.92 Å². The topological polar surface area (TPSA) is 29.5 Å². The highest BCUT2D eigenvalue weighted by atomic mass is 32.1. The predicted molar refractivity (Wildman–Crippen MR) is 73.1 cm³/mol. The quantitative estimate of drug-likeness (QED) is 0.897. The fourth-order valence-electron chi connectivity index (χ4n) is 2.45. The second-order valence-corrected chi connectivity index (χ2v) is 5.93. The molecule has 0 saturated heterocycles. The first-order valence-electron chi connectivity index (χ1n) is 6.18. The first kappa shape index (κ1) is 11.8. The summed E-state index contributed by atoms with van der Waals surface area (Å²) in [5.74, 6) is 1.11. The van der Waals surface area contributed by atoms with Crippen molar-refractivity contribution in [2.45, 2.75) is 19.4 Å². The molecule has 0 bridgehead atoms. The molecular formula is C15H16O2S. The number of para-hydroxylation sites is 1. The summed E-state index contributed by atoms with van der Waals surface area (Å²) in [6.45, 7) is 2.65. The molecule has 1 aromatic carbocycles. The zero-order valence-corrected chi connectivity index (χ0v) is 11.1. The molecular weight excluding hydrogens is 244 g/mol. The van der Waals surface area contributed by atoms with Crippen molar-refractivity contribution in [2.75, 3.05) is 6.61 Å². The highest BCUT2D eigenvalue weighted by Gasteiger charge is 2.27. The van der Waals surface area contributed by atoms with Crippen molar-refractivity contribution in [1.29, 1.82) is 0 Å². The molecule has 3 heteroatoms. The molecule has 2 unspecified atom stereocenters. The van der Waals surface area contributed by atoms with Gasteiger partial charge in [-0.25, -0.2) is 0 Å². The lowest BCUT2D eigenvalue weighted by molar-refractivity contribution is 0.0648. The Balaban J connectivity index is 1.79. The number of hydrogen-bond donors (Lipinski definition) is 1. The van der Waals surface area contributed by atoms with Gasteiger partial charge in [0.25, 0.3) is 0 Å². The Morgan fingerprint density at radius 1 is 1.39 bits per heavy atom. The second kappa shape index (κ2) is 4.75. The van der Waals surface area contributed by atoms with Crippen LogP contribution < -0.4 is 4.74 Å². The Hall–Kier alpha value is -1.32. The Morgan fingerprint density at radius 3 is 3.00 bits per heavy atom. The number of thiophene rings is 1. The van der Waals surface area contributed by atoms with Gasteiger partial charge in [-0.2, -0.15) is 0 Å². The van der Waals surface area contributed by atoms with Crippen molar-refractivity contribution in [3.05, 3.63) is 51.7 Å². The molecule has 0 aliphatic carbocycles.